The van der Waals surface area contributed by atoms with Crippen LogP contribution < -0.4 is 4.90 Å². The Kier molecular flexibility index (Phi) is 4.68. The third-order valence-corrected chi connectivity index (χ3v) is 3.46. The van der Waals surface area contributed by atoms with E-state index in [1.54, 1.807) is 0 Å². The molecule has 6 nitrogen and oxygen atoms in total. The summed E-state index contributed by atoms with van der Waals surface area (Å²) >= 11 is 0. The van der Waals surface area contributed by atoms with Crippen molar-refractivity contribution in [2.45, 2.75) is 19.3 Å². The van der Waals surface area contributed by atoms with E-state index < -0.39 is 5.97 Å². The highest BCUT2D eigenvalue weighted by Gasteiger charge is 2.15. The molecule has 1 aliphatic heterocycles. The molecule has 1 aromatic heterocycles. The maximum atomic E-state index is 10.7. The third-order valence-electron chi connectivity index (χ3n) is 3.46. The summed E-state index contributed by atoms with van der Waals surface area (Å²) in [5, 5.41) is 8.76. The van der Waals surface area contributed by atoms with Crippen molar-refractivity contribution in [3.05, 3.63) is 18.1 Å². The molecule has 0 bridgehead atoms. The van der Waals surface area contributed by atoms with Crippen molar-refractivity contribution in [2.24, 2.45) is 5.92 Å². The van der Waals surface area contributed by atoms with Crippen LogP contribution in [0.1, 0.15) is 29.8 Å². The van der Waals surface area contributed by atoms with Crippen LogP contribution in [0.5, 0.6) is 0 Å². The largest absolute Gasteiger partial charge is 0.476 e. The molecule has 1 aliphatic rings. The van der Waals surface area contributed by atoms with Gasteiger partial charge in [-0.15, -0.1) is 0 Å². The van der Waals surface area contributed by atoms with Crippen LogP contribution in [0.25, 0.3) is 0 Å². The second-order valence-corrected chi connectivity index (χ2v) is 4.83. The molecule has 0 radical (unpaired) electrons. The molecule has 1 fully saturated rings. The molecule has 2 heterocycles. The van der Waals surface area contributed by atoms with E-state index in [2.05, 4.69) is 9.97 Å². The minimum absolute atomic E-state index is 0.0263. The van der Waals surface area contributed by atoms with E-state index in [1.165, 1.54) is 12.4 Å². The minimum atomic E-state index is -1.05. The zero-order valence-electron chi connectivity index (χ0n) is 11.1. The number of nitrogens with zero attached hydrogens (tertiary/aromatic N) is 3. The van der Waals surface area contributed by atoms with Gasteiger partial charge in [-0.25, -0.2) is 14.8 Å². The lowest BCUT2D eigenvalue weighted by atomic mass is 9.96. The highest BCUT2D eigenvalue weighted by atomic mass is 16.5. The number of ether oxygens (including phenoxy) is 1. The van der Waals surface area contributed by atoms with Crippen LogP contribution in [0.2, 0.25) is 0 Å². The van der Waals surface area contributed by atoms with Crippen LogP contribution in [0.15, 0.2) is 12.4 Å². The monoisotopic (exact) mass is 265 g/mol. The van der Waals surface area contributed by atoms with Gasteiger partial charge in [0.1, 0.15) is 5.82 Å². The number of aromatic nitrogens is 2. The number of carboxylic acid groups (broad SMARTS) is 1. The molecule has 0 atom stereocenters. The molecule has 1 aromatic rings. The standard InChI is InChI=1S/C13H19N3O3/c1-16(5-2-10-3-6-19-7-4-10)12-9-14-11(8-15-12)13(17)18/h8-10H,2-7H2,1H3,(H,17,18). The van der Waals surface area contributed by atoms with Crippen molar-refractivity contribution in [1.82, 2.24) is 9.97 Å². The lowest BCUT2D eigenvalue weighted by Crippen LogP contribution is -2.25. The van der Waals surface area contributed by atoms with Gasteiger partial charge in [-0.05, 0) is 25.2 Å². The van der Waals surface area contributed by atoms with E-state index in [-0.39, 0.29) is 5.69 Å². The zero-order valence-corrected chi connectivity index (χ0v) is 11.1. The first-order chi connectivity index (χ1) is 9.16. The molecule has 0 unspecified atom stereocenters. The Bertz CT molecular complexity index is 416. The number of rotatable bonds is 5. The van der Waals surface area contributed by atoms with Gasteiger partial charge in [0.2, 0.25) is 0 Å². The van der Waals surface area contributed by atoms with Crippen molar-refractivity contribution in [3.63, 3.8) is 0 Å². The maximum Gasteiger partial charge on any atom is 0.356 e. The summed E-state index contributed by atoms with van der Waals surface area (Å²) in [5.74, 6) is 0.364. The summed E-state index contributed by atoms with van der Waals surface area (Å²) < 4.78 is 5.34. The van der Waals surface area contributed by atoms with E-state index in [4.69, 9.17) is 9.84 Å². The number of carbonyl (C=O) groups is 1. The Morgan fingerprint density at radius 2 is 2.16 bits per heavy atom. The summed E-state index contributed by atoms with van der Waals surface area (Å²) in [6, 6.07) is 0. The molecule has 104 valence electrons. The van der Waals surface area contributed by atoms with Crippen LogP contribution in [0, 0.1) is 5.92 Å². The average molecular weight is 265 g/mol. The molecule has 1 saturated heterocycles. The Labute approximate surface area is 112 Å². The topological polar surface area (TPSA) is 75.5 Å². The molecule has 6 heteroatoms. The Hall–Kier alpha value is -1.69. The van der Waals surface area contributed by atoms with E-state index in [9.17, 15) is 4.79 Å². The molecule has 0 aromatic carbocycles. The summed E-state index contributed by atoms with van der Waals surface area (Å²) in [6.07, 6.45) is 6.15. The molecular formula is C13H19N3O3. The number of hydrogen-bond donors (Lipinski definition) is 1. The predicted octanol–water partition coefficient (Wildman–Crippen LogP) is 1.43. The van der Waals surface area contributed by atoms with Gasteiger partial charge in [-0.3, -0.25) is 0 Å². The van der Waals surface area contributed by atoms with Gasteiger partial charge in [0.15, 0.2) is 5.69 Å². The number of aromatic carboxylic acids is 1. The van der Waals surface area contributed by atoms with E-state index in [0.717, 1.165) is 39.0 Å². The first-order valence-corrected chi connectivity index (χ1v) is 6.51. The van der Waals surface area contributed by atoms with Crippen LogP contribution in [-0.4, -0.2) is 47.8 Å². The van der Waals surface area contributed by atoms with E-state index in [1.807, 2.05) is 11.9 Å². The summed E-state index contributed by atoms with van der Waals surface area (Å²) in [5.41, 5.74) is -0.0263. The average Bonchev–Trinajstić information content (AvgIpc) is 2.46. The Balaban J connectivity index is 1.84. The highest BCUT2D eigenvalue weighted by Crippen LogP contribution is 2.19. The SMILES string of the molecule is CN(CCC1CCOCC1)c1cnc(C(=O)O)cn1. The van der Waals surface area contributed by atoms with E-state index >= 15 is 0 Å². The third kappa shape index (κ3) is 3.89. The van der Waals surface area contributed by atoms with Crippen molar-refractivity contribution in [1.29, 1.82) is 0 Å². The van der Waals surface area contributed by atoms with Gasteiger partial charge >= 0.3 is 5.97 Å². The molecular weight excluding hydrogens is 246 g/mol. The van der Waals surface area contributed by atoms with Crippen molar-refractivity contribution in [2.75, 3.05) is 31.7 Å². The molecule has 19 heavy (non-hydrogen) atoms. The van der Waals surface area contributed by atoms with Crippen molar-refractivity contribution >= 4 is 11.8 Å². The maximum absolute atomic E-state index is 10.7. The van der Waals surface area contributed by atoms with Gasteiger partial charge in [-0.2, -0.15) is 0 Å². The fraction of sp³-hybridized carbons (Fsp3) is 0.615. The summed E-state index contributed by atoms with van der Waals surface area (Å²) in [6.45, 7) is 2.62. The predicted molar refractivity (Wildman–Crippen MR) is 70.4 cm³/mol. The second kappa shape index (κ2) is 6.47. The van der Waals surface area contributed by atoms with Crippen LogP contribution in [0.4, 0.5) is 5.82 Å². The van der Waals surface area contributed by atoms with Crippen molar-refractivity contribution < 1.29 is 14.6 Å². The van der Waals surface area contributed by atoms with Crippen LogP contribution in [-0.2, 0) is 4.74 Å². The quantitative estimate of drug-likeness (QED) is 0.868. The van der Waals surface area contributed by atoms with Gasteiger partial charge in [0, 0.05) is 26.8 Å². The fourth-order valence-electron chi connectivity index (χ4n) is 2.15. The molecule has 0 amide bonds. The molecule has 0 spiro atoms. The second-order valence-electron chi connectivity index (χ2n) is 4.83. The summed E-state index contributed by atoms with van der Waals surface area (Å²) in [7, 11) is 1.95. The number of anilines is 1. The van der Waals surface area contributed by atoms with Crippen molar-refractivity contribution in [3.8, 4) is 0 Å². The normalized spacial score (nSPS) is 16.3. The first kappa shape index (κ1) is 13.7. The first-order valence-electron chi connectivity index (χ1n) is 6.51. The highest BCUT2D eigenvalue weighted by molar-refractivity contribution is 5.84. The molecule has 0 saturated carbocycles. The number of hydrogen-bond acceptors (Lipinski definition) is 5. The lowest BCUT2D eigenvalue weighted by Gasteiger charge is -2.25. The van der Waals surface area contributed by atoms with Gasteiger partial charge in [0.05, 0.1) is 12.4 Å². The van der Waals surface area contributed by atoms with Gasteiger partial charge in [0.25, 0.3) is 0 Å². The smallest absolute Gasteiger partial charge is 0.356 e. The minimum Gasteiger partial charge on any atom is -0.476 e. The van der Waals surface area contributed by atoms with Gasteiger partial charge in [-0.1, -0.05) is 0 Å². The Morgan fingerprint density at radius 1 is 1.42 bits per heavy atom. The Morgan fingerprint density at radius 3 is 2.74 bits per heavy atom. The lowest BCUT2D eigenvalue weighted by molar-refractivity contribution is 0.0645. The van der Waals surface area contributed by atoms with E-state index in [0.29, 0.717) is 11.7 Å². The van der Waals surface area contributed by atoms with Crippen LogP contribution >= 0.6 is 0 Å². The molecule has 0 aliphatic carbocycles. The number of carboxylic acids is 1. The summed E-state index contributed by atoms with van der Waals surface area (Å²) in [4.78, 5) is 20.7. The van der Waals surface area contributed by atoms with Crippen LogP contribution in [0.3, 0.4) is 0 Å². The molecule has 2 rings (SSSR count). The molecule has 1 N–H and O–H groups in total. The fourth-order valence-corrected chi connectivity index (χ4v) is 2.15. The van der Waals surface area contributed by atoms with Gasteiger partial charge < -0.3 is 14.7 Å². The zero-order chi connectivity index (χ0) is 13.7.